The molecule has 0 spiro atoms. The summed E-state index contributed by atoms with van der Waals surface area (Å²) in [6.45, 7) is 1.44. The van der Waals surface area contributed by atoms with Crippen LogP contribution < -0.4 is 4.74 Å². The molecule has 0 saturated heterocycles. The predicted octanol–water partition coefficient (Wildman–Crippen LogP) is 2.05. The van der Waals surface area contributed by atoms with Crippen LogP contribution in [0.2, 0.25) is 0 Å². The molecule has 0 N–H and O–H groups in total. The first kappa shape index (κ1) is 14.5. The number of hydrogen-bond acceptors (Lipinski definition) is 3. The lowest BCUT2D eigenvalue weighted by atomic mass is 10.2. The highest BCUT2D eigenvalue weighted by Gasteiger charge is 1.94. The molecule has 0 radical (unpaired) electrons. The number of halogens is 1. The third-order valence-corrected chi connectivity index (χ3v) is 2.11. The fraction of sp³-hybridized carbons (Fsp3) is 0.429. The molecule has 0 bridgehead atoms. The van der Waals surface area contributed by atoms with Gasteiger partial charge in [-0.25, -0.2) is 4.39 Å². The van der Waals surface area contributed by atoms with Gasteiger partial charge in [0, 0.05) is 5.56 Å². The molecule has 0 aliphatic heterocycles. The highest BCUT2D eigenvalue weighted by Crippen LogP contribution is 2.11. The summed E-state index contributed by atoms with van der Waals surface area (Å²) < 4.78 is 27.3. The molecule has 0 heterocycles. The van der Waals surface area contributed by atoms with Crippen LogP contribution in [-0.4, -0.2) is 39.7 Å². The number of rotatable bonds is 9. The van der Waals surface area contributed by atoms with Crippen molar-refractivity contribution in [1.82, 2.24) is 0 Å². The quantitative estimate of drug-likeness (QED) is 0.497. The van der Waals surface area contributed by atoms with Crippen LogP contribution in [0.25, 0.3) is 0 Å². The van der Waals surface area contributed by atoms with Gasteiger partial charge in [-0.15, -0.1) is 6.42 Å². The molecule has 0 amide bonds. The molecule has 0 aliphatic carbocycles. The number of alkyl halides is 1. The Morgan fingerprint density at radius 2 is 1.56 bits per heavy atom. The van der Waals surface area contributed by atoms with E-state index in [1.807, 2.05) is 24.3 Å². The van der Waals surface area contributed by atoms with Crippen molar-refractivity contribution in [2.45, 2.75) is 0 Å². The number of benzene rings is 1. The molecule has 3 nitrogen and oxygen atoms in total. The minimum absolute atomic E-state index is 0.126. The predicted molar refractivity (Wildman–Crippen MR) is 67.5 cm³/mol. The average Bonchev–Trinajstić information content (AvgIpc) is 2.42. The maximum atomic E-state index is 11.7. The van der Waals surface area contributed by atoms with Gasteiger partial charge in [0.05, 0.1) is 26.4 Å². The maximum Gasteiger partial charge on any atom is 0.119 e. The van der Waals surface area contributed by atoms with E-state index in [1.54, 1.807) is 0 Å². The molecule has 0 saturated carbocycles. The smallest absolute Gasteiger partial charge is 0.119 e. The van der Waals surface area contributed by atoms with Crippen LogP contribution in [0.3, 0.4) is 0 Å². The van der Waals surface area contributed by atoms with E-state index in [2.05, 4.69) is 5.92 Å². The summed E-state index contributed by atoms with van der Waals surface area (Å²) in [6, 6.07) is 7.28. The van der Waals surface area contributed by atoms with Crippen LogP contribution >= 0.6 is 0 Å². The summed E-state index contributed by atoms with van der Waals surface area (Å²) in [6.07, 6.45) is 5.24. The van der Waals surface area contributed by atoms with Crippen LogP contribution in [0.1, 0.15) is 5.56 Å². The van der Waals surface area contributed by atoms with Gasteiger partial charge in [-0.1, -0.05) is 5.92 Å². The minimum Gasteiger partial charge on any atom is -0.491 e. The third-order valence-electron chi connectivity index (χ3n) is 2.11. The normalized spacial score (nSPS) is 10.0. The van der Waals surface area contributed by atoms with E-state index in [-0.39, 0.29) is 6.61 Å². The molecule has 0 fully saturated rings. The second kappa shape index (κ2) is 9.46. The molecule has 0 aromatic heterocycles. The summed E-state index contributed by atoms with van der Waals surface area (Å²) >= 11 is 0. The SMILES string of the molecule is C#Cc1ccc(OCCOCCOCCF)cc1. The minimum atomic E-state index is -0.462. The van der Waals surface area contributed by atoms with E-state index < -0.39 is 6.67 Å². The van der Waals surface area contributed by atoms with Gasteiger partial charge < -0.3 is 14.2 Å². The van der Waals surface area contributed by atoms with Crippen molar-refractivity contribution in [1.29, 1.82) is 0 Å². The van der Waals surface area contributed by atoms with Gasteiger partial charge in [0.1, 0.15) is 19.0 Å². The van der Waals surface area contributed by atoms with Gasteiger partial charge in [-0.2, -0.15) is 0 Å². The number of ether oxygens (including phenoxy) is 3. The summed E-state index contributed by atoms with van der Waals surface area (Å²) in [5.74, 6) is 3.29. The van der Waals surface area contributed by atoms with Crippen LogP contribution in [0, 0.1) is 12.3 Å². The Morgan fingerprint density at radius 1 is 0.944 bits per heavy atom. The zero-order chi connectivity index (χ0) is 13.1. The molecule has 1 aromatic carbocycles. The van der Waals surface area contributed by atoms with E-state index in [4.69, 9.17) is 20.6 Å². The van der Waals surface area contributed by atoms with Crippen molar-refractivity contribution in [2.24, 2.45) is 0 Å². The zero-order valence-electron chi connectivity index (χ0n) is 10.2. The summed E-state index contributed by atoms with van der Waals surface area (Å²) in [5, 5.41) is 0. The monoisotopic (exact) mass is 252 g/mol. The van der Waals surface area contributed by atoms with Gasteiger partial charge in [0.15, 0.2) is 0 Å². The van der Waals surface area contributed by atoms with Crippen molar-refractivity contribution in [3.8, 4) is 18.1 Å². The second-order valence-electron chi connectivity index (χ2n) is 3.43. The summed E-state index contributed by atoms with van der Waals surface area (Å²) in [5.41, 5.74) is 0.823. The molecular formula is C14H17FO3. The number of hydrogen-bond donors (Lipinski definition) is 0. The Bertz CT molecular complexity index is 356. The molecule has 98 valence electrons. The highest BCUT2D eigenvalue weighted by molar-refractivity contribution is 5.36. The number of terminal acetylenes is 1. The lowest BCUT2D eigenvalue weighted by Gasteiger charge is -2.07. The van der Waals surface area contributed by atoms with Gasteiger partial charge in [0.2, 0.25) is 0 Å². The fourth-order valence-corrected chi connectivity index (χ4v) is 1.24. The molecule has 4 heteroatoms. The summed E-state index contributed by atoms with van der Waals surface area (Å²) in [7, 11) is 0. The summed E-state index contributed by atoms with van der Waals surface area (Å²) in [4.78, 5) is 0. The lowest BCUT2D eigenvalue weighted by Crippen LogP contribution is -2.11. The lowest BCUT2D eigenvalue weighted by molar-refractivity contribution is 0.0325. The van der Waals surface area contributed by atoms with Gasteiger partial charge >= 0.3 is 0 Å². The Morgan fingerprint density at radius 3 is 2.17 bits per heavy atom. The molecule has 0 aliphatic rings. The van der Waals surface area contributed by atoms with Crippen LogP contribution in [-0.2, 0) is 9.47 Å². The van der Waals surface area contributed by atoms with Crippen molar-refractivity contribution in [3.05, 3.63) is 29.8 Å². The fourth-order valence-electron chi connectivity index (χ4n) is 1.24. The van der Waals surface area contributed by atoms with Crippen LogP contribution in [0.5, 0.6) is 5.75 Å². The van der Waals surface area contributed by atoms with Gasteiger partial charge in [-0.3, -0.25) is 0 Å². The van der Waals surface area contributed by atoms with Crippen molar-refractivity contribution in [3.63, 3.8) is 0 Å². The molecule has 1 rings (SSSR count). The van der Waals surface area contributed by atoms with Gasteiger partial charge in [-0.05, 0) is 24.3 Å². The Kier molecular flexibility index (Phi) is 7.61. The molecule has 18 heavy (non-hydrogen) atoms. The van der Waals surface area contributed by atoms with E-state index in [0.717, 1.165) is 11.3 Å². The Labute approximate surface area is 107 Å². The van der Waals surface area contributed by atoms with Crippen molar-refractivity contribution < 1.29 is 18.6 Å². The van der Waals surface area contributed by atoms with E-state index in [1.165, 1.54) is 0 Å². The topological polar surface area (TPSA) is 27.7 Å². The first-order chi connectivity index (χ1) is 8.86. The molecular weight excluding hydrogens is 235 g/mol. The first-order valence-corrected chi connectivity index (χ1v) is 5.77. The average molecular weight is 252 g/mol. The van der Waals surface area contributed by atoms with Crippen LogP contribution in [0.15, 0.2) is 24.3 Å². The van der Waals surface area contributed by atoms with E-state index in [0.29, 0.717) is 26.4 Å². The maximum absolute atomic E-state index is 11.7. The molecule has 1 aromatic rings. The molecule has 0 unspecified atom stereocenters. The zero-order valence-corrected chi connectivity index (χ0v) is 10.2. The van der Waals surface area contributed by atoms with Crippen molar-refractivity contribution in [2.75, 3.05) is 39.7 Å². The second-order valence-corrected chi connectivity index (χ2v) is 3.43. The third kappa shape index (κ3) is 6.24. The Hall–Kier alpha value is -1.57. The van der Waals surface area contributed by atoms with E-state index >= 15 is 0 Å². The highest BCUT2D eigenvalue weighted by atomic mass is 19.1. The largest absolute Gasteiger partial charge is 0.491 e. The standard InChI is InChI=1S/C14H17FO3/c1-2-13-3-5-14(6-4-13)18-12-11-17-10-9-16-8-7-15/h1,3-6H,7-12H2. The first-order valence-electron chi connectivity index (χ1n) is 5.77. The van der Waals surface area contributed by atoms with Crippen LogP contribution in [0.4, 0.5) is 4.39 Å². The van der Waals surface area contributed by atoms with E-state index in [9.17, 15) is 4.39 Å². The molecule has 0 atom stereocenters. The van der Waals surface area contributed by atoms with Crippen molar-refractivity contribution >= 4 is 0 Å². The van der Waals surface area contributed by atoms with Gasteiger partial charge in [0.25, 0.3) is 0 Å². The Balaban J connectivity index is 2.02.